The van der Waals surface area contributed by atoms with Crippen molar-refractivity contribution >= 4 is 5.91 Å². The maximum atomic E-state index is 12.3. The van der Waals surface area contributed by atoms with E-state index in [0.717, 1.165) is 49.7 Å². The molecule has 1 fully saturated rings. The maximum absolute atomic E-state index is 12.3. The minimum Gasteiger partial charge on any atom is -0.493 e. The Bertz CT molecular complexity index is 508. The molecule has 0 saturated carbocycles. The van der Waals surface area contributed by atoms with Crippen molar-refractivity contribution in [2.24, 2.45) is 5.92 Å². The van der Waals surface area contributed by atoms with Crippen molar-refractivity contribution in [1.82, 2.24) is 10.2 Å². The van der Waals surface area contributed by atoms with Gasteiger partial charge < -0.3 is 15.0 Å². The smallest absolute Gasteiger partial charge is 0.225 e. The van der Waals surface area contributed by atoms with Gasteiger partial charge in [-0.05, 0) is 69.8 Å². The van der Waals surface area contributed by atoms with Crippen molar-refractivity contribution in [3.63, 3.8) is 0 Å². The second-order valence-electron chi connectivity index (χ2n) is 6.51. The van der Waals surface area contributed by atoms with Crippen molar-refractivity contribution < 1.29 is 9.53 Å². The molecule has 1 aliphatic heterocycles. The highest BCUT2D eigenvalue weighted by molar-refractivity contribution is 5.76. The number of carbonyl (C=O) groups is 1. The van der Waals surface area contributed by atoms with Crippen LogP contribution in [0.25, 0.3) is 0 Å². The number of ether oxygens (including phenoxy) is 1. The number of rotatable bonds is 7. The van der Waals surface area contributed by atoms with Gasteiger partial charge in [-0.15, -0.1) is 0 Å². The van der Waals surface area contributed by atoms with Crippen LogP contribution in [0.1, 0.15) is 36.8 Å². The lowest BCUT2D eigenvalue weighted by Crippen LogP contribution is -2.39. The van der Waals surface area contributed by atoms with Gasteiger partial charge in [-0.25, -0.2) is 0 Å². The van der Waals surface area contributed by atoms with Crippen LogP contribution in [0.4, 0.5) is 0 Å². The molecule has 1 N–H and O–H groups in total. The molecule has 0 aromatic heterocycles. The third kappa shape index (κ3) is 5.24. The Morgan fingerprint density at radius 3 is 2.74 bits per heavy atom. The van der Waals surface area contributed by atoms with E-state index in [1.54, 1.807) is 0 Å². The fraction of sp³-hybridized carbons (Fsp3) is 0.632. The Labute approximate surface area is 140 Å². The number of benzene rings is 1. The minimum atomic E-state index is 0.224. The van der Waals surface area contributed by atoms with Gasteiger partial charge in [0.15, 0.2) is 0 Å². The summed E-state index contributed by atoms with van der Waals surface area (Å²) in [5, 5.41) is 3.20. The molecule has 1 aromatic rings. The Hall–Kier alpha value is -1.55. The number of hydrogen-bond acceptors (Lipinski definition) is 3. The van der Waals surface area contributed by atoms with Crippen molar-refractivity contribution in [1.29, 1.82) is 0 Å². The van der Waals surface area contributed by atoms with Gasteiger partial charge in [0, 0.05) is 13.1 Å². The van der Waals surface area contributed by atoms with E-state index < -0.39 is 0 Å². The number of amides is 1. The Balaban J connectivity index is 1.70. The van der Waals surface area contributed by atoms with E-state index in [9.17, 15) is 4.79 Å². The van der Waals surface area contributed by atoms with Gasteiger partial charge in [0.1, 0.15) is 5.75 Å². The van der Waals surface area contributed by atoms with Crippen LogP contribution in [0.15, 0.2) is 18.2 Å². The summed E-state index contributed by atoms with van der Waals surface area (Å²) in [4.78, 5) is 14.3. The van der Waals surface area contributed by atoms with Crippen LogP contribution in [0, 0.1) is 19.8 Å². The second kappa shape index (κ2) is 8.92. The highest BCUT2D eigenvalue weighted by Gasteiger charge is 2.22. The van der Waals surface area contributed by atoms with Crippen LogP contribution >= 0.6 is 0 Å². The van der Waals surface area contributed by atoms with Crippen LogP contribution in [-0.4, -0.2) is 44.1 Å². The van der Waals surface area contributed by atoms with E-state index in [4.69, 9.17) is 4.74 Å². The molecule has 1 amide bonds. The van der Waals surface area contributed by atoms with Crippen LogP contribution in [-0.2, 0) is 4.79 Å². The van der Waals surface area contributed by atoms with E-state index in [-0.39, 0.29) is 5.91 Å². The summed E-state index contributed by atoms with van der Waals surface area (Å²) in [6, 6.07) is 6.04. The van der Waals surface area contributed by atoms with Crippen molar-refractivity contribution in [3.8, 4) is 5.75 Å². The zero-order chi connectivity index (χ0) is 16.7. The lowest BCUT2D eigenvalue weighted by atomic mass is 9.93. The molecule has 23 heavy (non-hydrogen) atoms. The first-order chi connectivity index (χ1) is 11.1. The lowest BCUT2D eigenvalue weighted by Gasteiger charge is -2.32. The monoisotopic (exact) mass is 318 g/mol. The van der Waals surface area contributed by atoms with Gasteiger partial charge >= 0.3 is 0 Å². The summed E-state index contributed by atoms with van der Waals surface area (Å²) < 4.78 is 5.80. The first-order valence-corrected chi connectivity index (χ1v) is 8.73. The van der Waals surface area contributed by atoms with Crippen molar-refractivity contribution in [3.05, 3.63) is 29.3 Å². The summed E-state index contributed by atoms with van der Waals surface area (Å²) >= 11 is 0. The topological polar surface area (TPSA) is 41.6 Å². The average molecular weight is 318 g/mol. The maximum Gasteiger partial charge on any atom is 0.225 e. The molecule has 0 radical (unpaired) electrons. The largest absolute Gasteiger partial charge is 0.493 e. The zero-order valence-corrected chi connectivity index (χ0v) is 14.7. The van der Waals surface area contributed by atoms with Gasteiger partial charge in [-0.1, -0.05) is 12.1 Å². The van der Waals surface area contributed by atoms with E-state index >= 15 is 0 Å². The first-order valence-electron chi connectivity index (χ1n) is 8.73. The molecule has 128 valence electrons. The number of nitrogens with zero attached hydrogens (tertiary/aromatic N) is 1. The fourth-order valence-corrected chi connectivity index (χ4v) is 3.11. The Morgan fingerprint density at radius 1 is 1.30 bits per heavy atom. The highest BCUT2D eigenvalue weighted by atomic mass is 16.5. The van der Waals surface area contributed by atoms with E-state index in [1.807, 2.05) is 24.1 Å². The summed E-state index contributed by atoms with van der Waals surface area (Å²) in [5.74, 6) is 1.88. The van der Waals surface area contributed by atoms with Gasteiger partial charge in [0.25, 0.3) is 0 Å². The predicted octanol–water partition coefficient (Wildman–Crippen LogP) is 2.92. The number of hydrogen-bond donors (Lipinski definition) is 1. The van der Waals surface area contributed by atoms with Crippen molar-refractivity contribution in [2.45, 2.75) is 39.5 Å². The first kappa shape index (κ1) is 17.8. The van der Waals surface area contributed by atoms with E-state index in [0.29, 0.717) is 13.0 Å². The summed E-state index contributed by atoms with van der Waals surface area (Å²) in [6.45, 7) is 7.46. The van der Waals surface area contributed by atoms with Gasteiger partial charge in [-0.2, -0.15) is 0 Å². The average Bonchev–Trinajstić information content (AvgIpc) is 2.57. The molecule has 1 saturated heterocycles. The van der Waals surface area contributed by atoms with Gasteiger partial charge in [0.05, 0.1) is 13.0 Å². The molecule has 4 heteroatoms. The highest BCUT2D eigenvalue weighted by Crippen LogP contribution is 2.22. The molecule has 1 heterocycles. The minimum absolute atomic E-state index is 0.224. The molecule has 0 unspecified atom stereocenters. The third-order valence-electron chi connectivity index (χ3n) is 4.90. The summed E-state index contributed by atoms with van der Waals surface area (Å²) in [6.07, 6.45) is 3.94. The number of carbonyl (C=O) groups excluding carboxylic acids is 1. The Kier molecular flexibility index (Phi) is 6.90. The predicted molar refractivity (Wildman–Crippen MR) is 93.9 cm³/mol. The fourth-order valence-electron chi connectivity index (χ4n) is 3.11. The van der Waals surface area contributed by atoms with Crippen LogP contribution < -0.4 is 10.1 Å². The van der Waals surface area contributed by atoms with Gasteiger partial charge in [0.2, 0.25) is 5.91 Å². The number of aryl methyl sites for hydroxylation is 1. The molecular weight excluding hydrogens is 288 g/mol. The van der Waals surface area contributed by atoms with E-state index in [1.165, 1.54) is 12.0 Å². The SMILES string of the molecule is CNCCC1CCN(C(=O)CCOc2cccc(C)c2C)CC1. The molecule has 0 spiro atoms. The normalized spacial score (nSPS) is 15.7. The summed E-state index contributed by atoms with van der Waals surface area (Å²) in [5.41, 5.74) is 2.38. The van der Waals surface area contributed by atoms with Gasteiger partial charge in [-0.3, -0.25) is 4.79 Å². The lowest BCUT2D eigenvalue weighted by molar-refractivity contribution is -0.133. The summed E-state index contributed by atoms with van der Waals surface area (Å²) in [7, 11) is 1.99. The molecule has 1 aliphatic rings. The third-order valence-corrected chi connectivity index (χ3v) is 4.90. The molecule has 0 bridgehead atoms. The molecule has 0 aliphatic carbocycles. The van der Waals surface area contributed by atoms with Crippen LogP contribution in [0.5, 0.6) is 5.75 Å². The molecular formula is C19H30N2O2. The second-order valence-corrected chi connectivity index (χ2v) is 6.51. The number of piperidine rings is 1. The van der Waals surface area contributed by atoms with Crippen molar-refractivity contribution in [2.75, 3.05) is 33.3 Å². The molecule has 2 rings (SSSR count). The van der Waals surface area contributed by atoms with E-state index in [2.05, 4.69) is 25.2 Å². The standard InChI is InChI=1S/C19H30N2O2/c1-15-5-4-6-18(16(15)2)23-14-10-19(22)21-12-8-17(9-13-21)7-11-20-3/h4-6,17,20H,7-14H2,1-3H3. The van der Waals surface area contributed by atoms with Crippen LogP contribution in [0.3, 0.4) is 0 Å². The molecule has 0 atom stereocenters. The number of likely N-dealkylation sites (tertiary alicyclic amines) is 1. The zero-order valence-electron chi connectivity index (χ0n) is 14.7. The molecule has 1 aromatic carbocycles. The molecule has 4 nitrogen and oxygen atoms in total. The quantitative estimate of drug-likeness (QED) is 0.840. The Morgan fingerprint density at radius 2 is 2.04 bits per heavy atom. The number of nitrogens with one attached hydrogen (secondary N) is 1. The van der Waals surface area contributed by atoms with Crippen LogP contribution in [0.2, 0.25) is 0 Å².